The zero-order valence-electron chi connectivity index (χ0n) is 5.03. The number of aliphatic hydroxyl groups is 2. The van der Waals surface area contributed by atoms with Gasteiger partial charge in [-0.15, -0.1) is 7.92 Å². The predicted molar refractivity (Wildman–Crippen MR) is 34.4 cm³/mol. The summed E-state index contributed by atoms with van der Waals surface area (Å²) >= 11 is 0. The highest BCUT2D eigenvalue weighted by Crippen LogP contribution is 2.23. The van der Waals surface area contributed by atoms with E-state index < -0.39 is 6.29 Å². The van der Waals surface area contributed by atoms with E-state index in [-0.39, 0.29) is 12.6 Å². The van der Waals surface area contributed by atoms with Crippen LogP contribution < -0.4 is 0 Å². The number of halogens is 1. The van der Waals surface area contributed by atoms with Crippen LogP contribution in [0.3, 0.4) is 0 Å². The van der Waals surface area contributed by atoms with Gasteiger partial charge in [-0.2, -0.15) is 0 Å². The number of aliphatic hydroxyl groups excluding tert-OH is 1. The fraction of sp³-hybridized carbons (Fsp3) is 1.00. The van der Waals surface area contributed by atoms with Crippen molar-refractivity contribution in [3.8, 4) is 0 Å². The van der Waals surface area contributed by atoms with Crippen molar-refractivity contribution < 1.29 is 14.9 Å². The molecule has 0 aliphatic rings. The summed E-state index contributed by atoms with van der Waals surface area (Å²) in [5, 5.41) is 16.6. The van der Waals surface area contributed by atoms with E-state index in [0.717, 1.165) is 0 Å². The third-order valence-corrected chi connectivity index (χ3v) is 1.59. The van der Waals surface area contributed by atoms with Gasteiger partial charge in [-0.1, -0.05) is 0 Å². The molecule has 2 N–H and O–H groups in total. The van der Waals surface area contributed by atoms with Crippen molar-refractivity contribution >= 4 is 7.92 Å². The molecule has 52 valence electrons. The lowest BCUT2D eigenvalue weighted by Gasteiger charge is -2.04. The van der Waals surface area contributed by atoms with Crippen LogP contribution in [0.4, 0.5) is 4.70 Å². The zero-order chi connectivity index (χ0) is 5.86. The van der Waals surface area contributed by atoms with Gasteiger partial charge in [-0.3, -0.25) is 4.70 Å². The summed E-state index contributed by atoms with van der Waals surface area (Å²) in [6.45, 7) is 4.02. The van der Waals surface area contributed by atoms with E-state index in [1.807, 2.05) is 13.3 Å². The topological polar surface area (TPSA) is 40.5 Å². The number of rotatable bonds is 2. The Labute approximate surface area is 49.7 Å². The monoisotopic (exact) mass is 142 g/mol. The highest BCUT2D eigenvalue weighted by molar-refractivity contribution is 7.56. The minimum Gasteiger partial charge on any atom is -0.368 e. The van der Waals surface area contributed by atoms with Crippen molar-refractivity contribution in [3.63, 3.8) is 0 Å². The van der Waals surface area contributed by atoms with E-state index >= 15 is 0 Å². The maximum atomic E-state index is 8.29. The molecule has 0 aromatic rings. The first-order chi connectivity index (χ1) is 3.13. The molecule has 4 heteroatoms. The Kier molecular flexibility index (Phi) is 7.53. The maximum absolute atomic E-state index is 8.29. The maximum Gasteiger partial charge on any atom is 0.155 e. The summed E-state index contributed by atoms with van der Waals surface area (Å²) in [6, 6.07) is 0. The minimum absolute atomic E-state index is 0. The van der Waals surface area contributed by atoms with E-state index in [2.05, 4.69) is 0 Å². The summed E-state index contributed by atoms with van der Waals surface area (Å²) in [7, 11) is -0.140. The fourth-order valence-electron chi connectivity index (χ4n) is 0.327. The second kappa shape index (κ2) is 5.42. The zero-order valence-corrected chi connectivity index (χ0v) is 5.93. The molecule has 0 aromatic carbocycles. The molecule has 2 nitrogen and oxygen atoms in total. The van der Waals surface area contributed by atoms with E-state index in [1.165, 1.54) is 0 Å². The van der Waals surface area contributed by atoms with Crippen LogP contribution in [0.15, 0.2) is 0 Å². The van der Waals surface area contributed by atoms with Crippen LogP contribution in [0.5, 0.6) is 0 Å². The van der Waals surface area contributed by atoms with E-state index in [9.17, 15) is 0 Å². The smallest absolute Gasteiger partial charge is 0.155 e. The molecule has 8 heavy (non-hydrogen) atoms. The molecule has 0 aliphatic carbocycles. The highest BCUT2D eigenvalue weighted by Gasteiger charge is 1.98. The van der Waals surface area contributed by atoms with Gasteiger partial charge in [0.15, 0.2) is 6.29 Å². The van der Waals surface area contributed by atoms with Gasteiger partial charge in [0.25, 0.3) is 0 Å². The first-order valence-electron chi connectivity index (χ1n) is 2.14. The molecule has 0 saturated heterocycles. The lowest BCUT2D eigenvalue weighted by Crippen LogP contribution is -2.07. The Balaban J connectivity index is 0. The number of hydrogen-bond donors (Lipinski definition) is 2. The first kappa shape index (κ1) is 11.1. The van der Waals surface area contributed by atoms with Crippen LogP contribution in [-0.4, -0.2) is 36.0 Å². The Morgan fingerprint density at radius 2 is 1.75 bits per heavy atom. The molecule has 0 atom stereocenters. The van der Waals surface area contributed by atoms with Crippen LogP contribution in [0.25, 0.3) is 0 Å². The Bertz CT molecular complexity index is 43.3. The summed E-state index contributed by atoms with van der Waals surface area (Å²) in [6.07, 6.45) is -0.559. The van der Waals surface area contributed by atoms with Gasteiger partial charge in [-0.25, -0.2) is 0 Å². The van der Waals surface area contributed by atoms with Gasteiger partial charge < -0.3 is 10.2 Å². The van der Waals surface area contributed by atoms with Crippen LogP contribution in [-0.2, 0) is 0 Å². The molecular formula is C4H12FO2P. The molecule has 0 fully saturated rings. The molecule has 0 rings (SSSR count). The van der Waals surface area contributed by atoms with Gasteiger partial charge in [-0.05, 0) is 13.3 Å². The minimum atomic E-state index is -1.10. The van der Waals surface area contributed by atoms with Gasteiger partial charge in [0, 0.05) is 6.16 Å². The summed E-state index contributed by atoms with van der Waals surface area (Å²) in [5.74, 6) is 0. The Hall–Kier alpha value is 0.280. The third-order valence-electron chi connectivity index (χ3n) is 0.528. The summed E-state index contributed by atoms with van der Waals surface area (Å²) in [5.41, 5.74) is 0. The fourth-order valence-corrected chi connectivity index (χ4v) is 0.980. The van der Waals surface area contributed by atoms with Gasteiger partial charge in [0.2, 0.25) is 0 Å². The van der Waals surface area contributed by atoms with Crippen molar-refractivity contribution in [2.45, 2.75) is 6.29 Å². The molecule has 0 aliphatic heterocycles. The normalized spacial score (nSPS) is 9.75. The Morgan fingerprint density at radius 1 is 1.38 bits per heavy atom. The van der Waals surface area contributed by atoms with E-state index in [1.54, 1.807) is 0 Å². The van der Waals surface area contributed by atoms with Crippen molar-refractivity contribution in [1.82, 2.24) is 0 Å². The first-order valence-corrected chi connectivity index (χ1v) is 4.56. The molecule has 0 bridgehead atoms. The molecule has 0 amide bonds. The largest absolute Gasteiger partial charge is 0.368 e. The third kappa shape index (κ3) is 9.56. The summed E-state index contributed by atoms with van der Waals surface area (Å²) < 4.78 is 0. The van der Waals surface area contributed by atoms with Crippen LogP contribution >= 0.6 is 7.92 Å². The van der Waals surface area contributed by atoms with Crippen LogP contribution in [0.2, 0.25) is 0 Å². The van der Waals surface area contributed by atoms with E-state index in [0.29, 0.717) is 6.16 Å². The lowest BCUT2D eigenvalue weighted by molar-refractivity contribution is -0.0194. The molecule has 0 heterocycles. The predicted octanol–water partition coefficient (Wildman–Crippen LogP) is 0.191. The average molecular weight is 142 g/mol. The molecule has 0 unspecified atom stereocenters. The van der Waals surface area contributed by atoms with Crippen molar-refractivity contribution in [3.05, 3.63) is 0 Å². The van der Waals surface area contributed by atoms with Crippen LogP contribution in [0, 0.1) is 0 Å². The Morgan fingerprint density at radius 3 is 1.75 bits per heavy atom. The van der Waals surface area contributed by atoms with Crippen molar-refractivity contribution in [2.24, 2.45) is 0 Å². The molecule has 0 spiro atoms. The average Bonchev–Trinajstić information content (AvgIpc) is 1.27. The lowest BCUT2D eigenvalue weighted by atomic mass is 10.8. The molecule has 0 saturated carbocycles. The highest BCUT2D eigenvalue weighted by atomic mass is 31.1. The quantitative estimate of drug-likeness (QED) is 0.427. The number of hydrogen-bond acceptors (Lipinski definition) is 2. The van der Waals surface area contributed by atoms with Gasteiger partial charge in [0.1, 0.15) is 0 Å². The van der Waals surface area contributed by atoms with Crippen molar-refractivity contribution in [2.75, 3.05) is 19.5 Å². The van der Waals surface area contributed by atoms with Gasteiger partial charge in [0.05, 0.1) is 0 Å². The second-order valence-electron chi connectivity index (χ2n) is 1.74. The van der Waals surface area contributed by atoms with E-state index in [4.69, 9.17) is 10.2 Å². The summed E-state index contributed by atoms with van der Waals surface area (Å²) in [4.78, 5) is 0. The van der Waals surface area contributed by atoms with Crippen LogP contribution in [0.1, 0.15) is 0 Å². The molecule has 0 aromatic heterocycles. The molecular weight excluding hydrogens is 130 g/mol. The molecule has 0 radical (unpaired) electrons. The second-order valence-corrected chi connectivity index (χ2v) is 4.27. The standard InChI is InChI=1S/C4H11O2P.FH/c1-7(2)3-4(5)6;/h4-6H,3H2,1-2H3;1H. The van der Waals surface area contributed by atoms with Gasteiger partial charge >= 0.3 is 0 Å². The SMILES string of the molecule is CP(C)CC(O)O.F. The van der Waals surface area contributed by atoms with Crippen molar-refractivity contribution in [1.29, 1.82) is 0 Å².